The van der Waals surface area contributed by atoms with E-state index in [-0.39, 0.29) is 11.7 Å². The highest BCUT2D eigenvalue weighted by atomic mass is 35.5. The lowest BCUT2D eigenvalue weighted by Gasteiger charge is -2.14. The maximum absolute atomic E-state index is 13.0. The molecule has 108 valence electrons. The molecule has 0 spiro atoms. The second-order valence-corrected chi connectivity index (χ2v) is 5.62. The number of fused-ring (bicyclic) bond motifs is 2. The van der Waals surface area contributed by atoms with Crippen LogP contribution in [0.4, 0.5) is 10.1 Å². The lowest BCUT2D eigenvalue weighted by molar-refractivity contribution is 0.0996. The summed E-state index contributed by atoms with van der Waals surface area (Å²) in [5.41, 5.74) is 2.76. The second kappa shape index (κ2) is 4.78. The van der Waals surface area contributed by atoms with Crippen molar-refractivity contribution in [3.8, 4) is 0 Å². The summed E-state index contributed by atoms with van der Waals surface area (Å²) in [7, 11) is 0. The lowest BCUT2D eigenvalue weighted by atomic mass is 10.1. The number of carbonyl (C=O) groups is 1. The Bertz CT molecular complexity index is 908. The summed E-state index contributed by atoms with van der Waals surface area (Å²) in [6, 6.07) is 13.1. The summed E-state index contributed by atoms with van der Waals surface area (Å²) in [5.74, 6) is -0.456. The Labute approximate surface area is 131 Å². The van der Waals surface area contributed by atoms with Gasteiger partial charge in [-0.1, -0.05) is 11.6 Å². The van der Waals surface area contributed by atoms with E-state index in [1.165, 1.54) is 12.1 Å². The van der Waals surface area contributed by atoms with E-state index in [0.717, 1.165) is 16.6 Å². The summed E-state index contributed by atoms with van der Waals surface area (Å²) >= 11 is 5.99. The average molecular weight is 313 g/mol. The van der Waals surface area contributed by atoms with Crippen molar-refractivity contribution < 1.29 is 9.18 Å². The summed E-state index contributed by atoms with van der Waals surface area (Å²) < 4.78 is 13.0. The lowest BCUT2D eigenvalue weighted by Crippen LogP contribution is -2.22. The Balaban J connectivity index is 1.80. The van der Waals surface area contributed by atoms with Crippen LogP contribution in [0.3, 0.4) is 0 Å². The summed E-state index contributed by atoms with van der Waals surface area (Å²) in [5, 5.41) is 1.44. The van der Waals surface area contributed by atoms with Gasteiger partial charge >= 0.3 is 0 Å². The molecule has 5 heteroatoms. The maximum atomic E-state index is 13.0. The molecule has 0 unspecified atom stereocenters. The van der Waals surface area contributed by atoms with E-state index < -0.39 is 0 Å². The molecule has 0 atom stereocenters. The first kappa shape index (κ1) is 13.2. The second-order valence-electron chi connectivity index (χ2n) is 5.19. The number of amides is 1. The van der Waals surface area contributed by atoms with E-state index in [1.807, 2.05) is 12.1 Å². The molecule has 4 rings (SSSR count). The molecule has 0 saturated heterocycles. The van der Waals surface area contributed by atoms with E-state index in [0.29, 0.717) is 22.8 Å². The highest BCUT2D eigenvalue weighted by molar-refractivity contribution is 6.31. The largest absolute Gasteiger partial charge is 0.302 e. The molecule has 0 radical (unpaired) electrons. The van der Waals surface area contributed by atoms with Gasteiger partial charge in [0.1, 0.15) is 5.82 Å². The molecule has 1 amide bonds. The van der Waals surface area contributed by atoms with Crippen molar-refractivity contribution in [1.29, 1.82) is 0 Å². The van der Waals surface area contributed by atoms with Gasteiger partial charge in [-0.15, -0.1) is 0 Å². The van der Waals surface area contributed by atoms with Gasteiger partial charge in [-0.25, -0.2) is 4.39 Å². The van der Waals surface area contributed by atoms with Crippen molar-refractivity contribution in [3.63, 3.8) is 0 Å². The topological polar surface area (TPSA) is 33.2 Å². The van der Waals surface area contributed by atoms with Crippen molar-refractivity contribution in [1.82, 2.24) is 4.98 Å². The maximum Gasteiger partial charge on any atom is 0.260 e. The zero-order valence-corrected chi connectivity index (χ0v) is 12.1. The van der Waals surface area contributed by atoms with Crippen molar-refractivity contribution in [2.75, 3.05) is 4.90 Å². The smallest absolute Gasteiger partial charge is 0.260 e. The summed E-state index contributed by atoms with van der Waals surface area (Å²) in [4.78, 5) is 18.7. The Morgan fingerprint density at radius 3 is 2.64 bits per heavy atom. The van der Waals surface area contributed by atoms with E-state index in [2.05, 4.69) is 4.98 Å². The van der Waals surface area contributed by atoms with Crippen LogP contribution in [-0.4, -0.2) is 10.9 Å². The molecule has 3 aromatic rings. The van der Waals surface area contributed by atoms with Crippen LogP contribution in [0.25, 0.3) is 10.9 Å². The predicted molar refractivity (Wildman–Crippen MR) is 83.7 cm³/mol. The molecule has 1 aliphatic heterocycles. The molecular formula is C17H10ClFN2O. The van der Waals surface area contributed by atoms with Crippen LogP contribution >= 0.6 is 11.6 Å². The van der Waals surface area contributed by atoms with Crippen molar-refractivity contribution in [2.24, 2.45) is 0 Å². The number of anilines is 1. The zero-order valence-electron chi connectivity index (χ0n) is 11.4. The number of rotatable bonds is 1. The number of hydrogen-bond donors (Lipinski definition) is 0. The van der Waals surface area contributed by atoms with E-state index in [1.54, 1.807) is 29.2 Å². The first-order chi connectivity index (χ1) is 10.6. The molecule has 0 bridgehead atoms. The molecule has 1 aliphatic rings. The van der Waals surface area contributed by atoms with Gasteiger partial charge in [-0.05, 0) is 48.5 Å². The van der Waals surface area contributed by atoms with Crippen LogP contribution < -0.4 is 4.90 Å². The molecule has 0 aliphatic carbocycles. The molecule has 1 aromatic heterocycles. The monoisotopic (exact) mass is 312 g/mol. The highest BCUT2D eigenvalue weighted by Gasteiger charge is 2.30. The van der Waals surface area contributed by atoms with Gasteiger partial charge in [0, 0.05) is 16.1 Å². The van der Waals surface area contributed by atoms with Crippen molar-refractivity contribution in [3.05, 3.63) is 70.6 Å². The van der Waals surface area contributed by atoms with Crippen LogP contribution in [-0.2, 0) is 6.54 Å². The van der Waals surface area contributed by atoms with Crippen LogP contribution in [0.2, 0.25) is 5.02 Å². The fourth-order valence-electron chi connectivity index (χ4n) is 2.69. The van der Waals surface area contributed by atoms with Gasteiger partial charge in [0.25, 0.3) is 5.91 Å². The Hall–Kier alpha value is -2.46. The first-order valence-corrected chi connectivity index (χ1v) is 7.16. The normalized spacial score (nSPS) is 13.7. The quantitative estimate of drug-likeness (QED) is 0.675. The van der Waals surface area contributed by atoms with Crippen LogP contribution in [0.15, 0.2) is 48.5 Å². The number of aromatic nitrogens is 1. The Morgan fingerprint density at radius 1 is 1.09 bits per heavy atom. The van der Waals surface area contributed by atoms with Gasteiger partial charge in [-0.2, -0.15) is 0 Å². The molecule has 3 nitrogen and oxygen atoms in total. The van der Waals surface area contributed by atoms with Gasteiger partial charge < -0.3 is 4.90 Å². The number of benzene rings is 2. The Kier molecular flexibility index (Phi) is 2.87. The molecule has 0 fully saturated rings. The molecule has 0 N–H and O–H groups in total. The number of nitrogens with zero attached hydrogens (tertiary/aromatic N) is 2. The summed E-state index contributed by atoms with van der Waals surface area (Å²) in [6.45, 7) is 0.387. The van der Waals surface area contributed by atoms with Crippen LogP contribution in [0.1, 0.15) is 16.1 Å². The minimum absolute atomic E-state index is 0.129. The van der Waals surface area contributed by atoms with Gasteiger partial charge in [0.05, 0.1) is 23.3 Å². The van der Waals surface area contributed by atoms with Crippen LogP contribution in [0.5, 0.6) is 0 Å². The third kappa shape index (κ3) is 2.04. The average Bonchev–Trinajstić information content (AvgIpc) is 2.82. The standard InChI is InChI=1S/C17H10ClFN2O/c18-11-1-6-15-10(7-11)8-14-16(20-15)9-21(17(14)22)13-4-2-12(19)3-5-13/h1-8H,9H2. The number of pyridine rings is 1. The molecule has 2 aromatic carbocycles. The molecular weight excluding hydrogens is 303 g/mol. The third-order valence-corrected chi connectivity index (χ3v) is 4.01. The predicted octanol–water partition coefficient (Wildman–Crippen LogP) is 4.19. The van der Waals surface area contributed by atoms with Crippen molar-refractivity contribution in [2.45, 2.75) is 6.54 Å². The van der Waals surface area contributed by atoms with E-state index >= 15 is 0 Å². The SMILES string of the molecule is O=C1c2cc3cc(Cl)ccc3nc2CN1c1ccc(F)cc1. The van der Waals surface area contributed by atoms with Gasteiger partial charge in [0.2, 0.25) is 0 Å². The van der Waals surface area contributed by atoms with Gasteiger partial charge in [0.15, 0.2) is 0 Å². The summed E-state index contributed by atoms with van der Waals surface area (Å²) in [6.07, 6.45) is 0. The van der Waals surface area contributed by atoms with E-state index in [9.17, 15) is 9.18 Å². The fraction of sp³-hybridized carbons (Fsp3) is 0.0588. The minimum Gasteiger partial charge on any atom is -0.302 e. The zero-order chi connectivity index (χ0) is 15.3. The highest BCUT2D eigenvalue weighted by Crippen LogP contribution is 2.30. The minimum atomic E-state index is -0.327. The molecule has 2 heterocycles. The first-order valence-electron chi connectivity index (χ1n) is 6.78. The third-order valence-electron chi connectivity index (χ3n) is 3.78. The number of halogens is 2. The number of carbonyl (C=O) groups excluding carboxylic acids is 1. The fourth-order valence-corrected chi connectivity index (χ4v) is 2.87. The molecule has 22 heavy (non-hydrogen) atoms. The molecule has 0 saturated carbocycles. The van der Waals surface area contributed by atoms with Crippen LogP contribution in [0, 0.1) is 5.82 Å². The van der Waals surface area contributed by atoms with Crippen molar-refractivity contribution >= 4 is 34.1 Å². The van der Waals surface area contributed by atoms with E-state index in [4.69, 9.17) is 11.6 Å². The number of hydrogen-bond acceptors (Lipinski definition) is 2. The van der Waals surface area contributed by atoms with Gasteiger partial charge in [-0.3, -0.25) is 9.78 Å². The Morgan fingerprint density at radius 2 is 1.86 bits per heavy atom.